The molecule has 1 heterocycles. The number of aryl methyl sites for hydroxylation is 1. The number of carboxylic acids is 1. The first-order valence-corrected chi connectivity index (χ1v) is 4.70. The van der Waals surface area contributed by atoms with Crippen LogP contribution in [0.15, 0.2) is 6.07 Å². The summed E-state index contributed by atoms with van der Waals surface area (Å²) in [6, 6.07) is 0.415. The van der Waals surface area contributed by atoms with E-state index >= 15 is 0 Å². The monoisotopic (exact) mass is 269 g/mol. The lowest BCUT2D eigenvalue weighted by Crippen LogP contribution is -2.14. The second-order valence-corrected chi connectivity index (χ2v) is 3.53. The lowest BCUT2D eigenvalue weighted by molar-refractivity contribution is -0.139. The highest BCUT2D eigenvalue weighted by molar-refractivity contribution is 5.70. The molecule has 0 bridgehead atoms. The van der Waals surface area contributed by atoms with Crippen molar-refractivity contribution in [2.45, 2.75) is 25.9 Å². The molecule has 0 saturated heterocycles. The zero-order chi connectivity index (χ0) is 14.1. The maximum atomic E-state index is 12.5. The van der Waals surface area contributed by atoms with Gasteiger partial charge in [-0.1, -0.05) is 0 Å². The highest BCUT2D eigenvalue weighted by Crippen LogP contribution is 2.34. The zero-order valence-corrected chi connectivity index (χ0v) is 9.05. The number of carbonyl (C=O) groups is 1. The van der Waals surface area contributed by atoms with Crippen molar-refractivity contribution in [2.24, 2.45) is 0 Å². The number of halogens is 5. The molecular formula is C10H8F5NO2. The number of carboxylic acid groups (broad SMARTS) is 1. The SMILES string of the molecule is Cc1nc(C(F)F)c(CC(=O)O)cc1C(F)(F)F. The Balaban J connectivity index is 3.40. The molecule has 0 radical (unpaired) electrons. The summed E-state index contributed by atoms with van der Waals surface area (Å²) in [4.78, 5) is 13.6. The standard InChI is InChI=1S/C10H8F5NO2/c1-4-6(10(13,14)15)2-5(3-7(17)18)8(16-4)9(11)12/h2,9H,3H2,1H3,(H,17,18). The van der Waals surface area contributed by atoms with Crippen molar-refractivity contribution in [3.8, 4) is 0 Å². The van der Waals surface area contributed by atoms with E-state index in [1.165, 1.54) is 0 Å². The van der Waals surface area contributed by atoms with Crippen LogP contribution in [0.4, 0.5) is 22.0 Å². The molecule has 0 saturated carbocycles. The van der Waals surface area contributed by atoms with Crippen LogP contribution in [0, 0.1) is 6.92 Å². The van der Waals surface area contributed by atoms with Crippen LogP contribution in [0.5, 0.6) is 0 Å². The first-order valence-electron chi connectivity index (χ1n) is 4.70. The van der Waals surface area contributed by atoms with Crippen molar-refractivity contribution in [1.82, 2.24) is 4.98 Å². The van der Waals surface area contributed by atoms with E-state index < -0.39 is 47.5 Å². The third-order valence-corrected chi connectivity index (χ3v) is 2.18. The van der Waals surface area contributed by atoms with Crippen molar-refractivity contribution in [1.29, 1.82) is 0 Å². The van der Waals surface area contributed by atoms with E-state index in [0.717, 1.165) is 6.92 Å². The second-order valence-electron chi connectivity index (χ2n) is 3.53. The number of aromatic nitrogens is 1. The average molecular weight is 269 g/mol. The van der Waals surface area contributed by atoms with Gasteiger partial charge >= 0.3 is 12.1 Å². The van der Waals surface area contributed by atoms with E-state index in [4.69, 9.17) is 5.11 Å². The van der Waals surface area contributed by atoms with Crippen molar-refractivity contribution >= 4 is 5.97 Å². The number of aliphatic carboxylic acids is 1. The Morgan fingerprint density at radius 2 is 2.00 bits per heavy atom. The fourth-order valence-electron chi connectivity index (χ4n) is 1.45. The molecule has 8 heteroatoms. The molecule has 0 spiro atoms. The van der Waals surface area contributed by atoms with Crippen molar-refractivity contribution in [3.05, 3.63) is 28.6 Å². The van der Waals surface area contributed by atoms with Gasteiger partial charge in [-0.2, -0.15) is 13.2 Å². The third kappa shape index (κ3) is 3.14. The van der Waals surface area contributed by atoms with Crippen LogP contribution in [0.25, 0.3) is 0 Å². The normalized spacial score (nSPS) is 11.9. The molecule has 0 aliphatic rings. The van der Waals surface area contributed by atoms with Crippen LogP contribution >= 0.6 is 0 Å². The minimum Gasteiger partial charge on any atom is -0.481 e. The highest BCUT2D eigenvalue weighted by Gasteiger charge is 2.35. The van der Waals surface area contributed by atoms with Gasteiger partial charge in [0.1, 0.15) is 5.69 Å². The van der Waals surface area contributed by atoms with Gasteiger partial charge in [-0.25, -0.2) is 8.78 Å². The molecule has 3 nitrogen and oxygen atoms in total. The first kappa shape index (κ1) is 14.3. The summed E-state index contributed by atoms with van der Waals surface area (Å²) in [6.45, 7) is 0.944. The van der Waals surface area contributed by atoms with Crippen LogP contribution < -0.4 is 0 Å². The summed E-state index contributed by atoms with van der Waals surface area (Å²) in [7, 11) is 0. The summed E-state index contributed by atoms with van der Waals surface area (Å²) in [5.41, 5.74) is -3.37. The van der Waals surface area contributed by atoms with Gasteiger partial charge in [0.05, 0.1) is 17.7 Å². The van der Waals surface area contributed by atoms with Gasteiger partial charge in [-0.15, -0.1) is 0 Å². The van der Waals surface area contributed by atoms with Gasteiger partial charge in [-0.05, 0) is 18.6 Å². The van der Waals surface area contributed by atoms with E-state index in [2.05, 4.69) is 4.98 Å². The Kier molecular flexibility index (Phi) is 3.88. The predicted octanol–water partition coefficient (Wildman–Crippen LogP) is 2.97. The molecular weight excluding hydrogens is 261 g/mol. The van der Waals surface area contributed by atoms with Gasteiger partial charge < -0.3 is 5.11 Å². The summed E-state index contributed by atoms with van der Waals surface area (Å²) in [6.07, 6.45) is -8.82. The molecule has 0 unspecified atom stereocenters. The van der Waals surface area contributed by atoms with Crippen molar-refractivity contribution in [2.75, 3.05) is 0 Å². The lowest BCUT2D eigenvalue weighted by Gasteiger charge is -2.14. The van der Waals surface area contributed by atoms with Crippen LogP contribution in [-0.2, 0) is 17.4 Å². The number of hydrogen-bond donors (Lipinski definition) is 1. The van der Waals surface area contributed by atoms with Crippen molar-refractivity contribution in [3.63, 3.8) is 0 Å². The Labute approximate surface area is 98.3 Å². The maximum absolute atomic E-state index is 12.5. The van der Waals surface area contributed by atoms with Gasteiger partial charge in [0.25, 0.3) is 6.43 Å². The zero-order valence-electron chi connectivity index (χ0n) is 9.05. The maximum Gasteiger partial charge on any atom is 0.418 e. The van der Waals surface area contributed by atoms with Crippen LogP contribution in [0.1, 0.15) is 28.9 Å². The van der Waals surface area contributed by atoms with Gasteiger partial charge in [0.15, 0.2) is 0 Å². The first-order chi connectivity index (χ1) is 8.12. The van der Waals surface area contributed by atoms with Crippen LogP contribution in [0.2, 0.25) is 0 Å². The molecule has 0 aliphatic heterocycles. The topological polar surface area (TPSA) is 50.2 Å². The molecule has 100 valence electrons. The van der Waals surface area contributed by atoms with E-state index in [1.807, 2.05) is 0 Å². The lowest BCUT2D eigenvalue weighted by atomic mass is 10.0. The number of hydrogen-bond acceptors (Lipinski definition) is 2. The van der Waals surface area contributed by atoms with Crippen molar-refractivity contribution < 1.29 is 31.9 Å². The highest BCUT2D eigenvalue weighted by atomic mass is 19.4. The summed E-state index contributed by atoms with van der Waals surface area (Å²) in [5.74, 6) is -1.50. The van der Waals surface area contributed by atoms with Gasteiger partial charge in [0.2, 0.25) is 0 Å². The molecule has 18 heavy (non-hydrogen) atoms. The van der Waals surface area contributed by atoms with Gasteiger partial charge in [-0.3, -0.25) is 9.78 Å². The third-order valence-electron chi connectivity index (χ3n) is 2.18. The molecule has 1 aromatic rings. The van der Waals surface area contributed by atoms with Crippen LogP contribution in [0.3, 0.4) is 0 Å². The largest absolute Gasteiger partial charge is 0.481 e. The molecule has 0 aliphatic carbocycles. The van der Waals surface area contributed by atoms with Crippen LogP contribution in [-0.4, -0.2) is 16.1 Å². The van der Waals surface area contributed by atoms with E-state index in [0.29, 0.717) is 6.07 Å². The van der Waals surface area contributed by atoms with Gasteiger partial charge in [0, 0.05) is 0 Å². The summed E-state index contributed by atoms with van der Waals surface area (Å²) < 4.78 is 62.7. The molecule has 1 rings (SSSR count). The number of alkyl halides is 5. The fraction of sp³-hybridized carbons (Fsp3) is 0.400. The number of nitrogens with zero attached hydrogens (tertiary/aromatic N) is 1. The number of rotatable bonds is 3. The molecule has 0 amide bonds. The Bertz CT molecular complexity index is 470. The quantitative estimate of drug-likeness (QED) is 0.858. The molecule has 0 atom stereocenters. The van der Waals surface area contributed by atoms with E-state index in [-0.39, 0.29) is 0 Å². The summed E-state index contributed by atoms with van der Waals surface area (Å²) in [5, 5.41) is 8.48. The molecule has 0 aromatic carbocycles. The molecule has 0 fully saturated rings. The summed E-state index contributed by atoms with van der Waals surface area (Å²) >= 11 is 0. The Hall–Kier alpha value is -1.73. The minimum atomic E-state index is -4.76. The average Bonchev–Trinajstić information content (AvgIpc) is 2.17. The Morgan fingerprint density at radius 1 is 1.44 bits per heavy atom. The smallest absolute Gasteiger partial charge is 0.418 e. The van der Waals surface area contributed by atoms with E-state index in [1.54, 1.807) is 0 Å². The Morgan fingerprint density at radius 3 is 2.39 bits per heavy atom. The predicted molar refractivity (Wildman–Crippen MR) is 50.3 cm³/mol. The molecule has 1 N–H and O–H groups in total. The van der Waals surface area contributed by atoms with E-state index in [9.17, 15) is 26.7 Å². The minimum absolute atomic E-state index is 0.415. The number of pyridine rings is 1. The second kappa shape index (κ2) is 4.87. The fourth-order valence-corrected chi connectivity index (χ4v) is 1.45. The molecule has 1 aromatic heterocycles.